The first-order valence-electron chi connectivity index (χ1n) is 6.08. The number of halogens is 3. The van der Waals surface area contributed by atoms with Crippen molar-refractivity contribution in [1.29, 1.82) is 0 Å². The maximum atomic E-state index is 10.9. The Morgan fingerprint density at radius 3 is 1.95 bits per heavy atom. The summed E-state index contributed by atoms with van der Waals surface area (Å²) >= 11 is 0. The van der Waals surface area contributed by atoms with E-state index in [-0.39, 0.29) is 0 Å². The van der Waals surface area contributed by atoms with Crippen LogP contribution in [-0.4, -0.2) is 41.5 Å². The van der Waals surface area contributed by atoms with E-state index in [0.29, 0.717) is 16.7 Å². The highest BCUT2D eigenvalue weighted by atomic mass is 32.2. The van der Waals surface area contributed by atoms with Crippen LogP contribution in [0.1, 0.15) is 39.0 Å². The van der Waals surface area contributed by atoms with Crippen LogP contribution in [0.2, 0.25) is 0 Å². The fourth-order valence-electron chi connectivity index (χ4n) is 1.91. The lowest BCUT2D eigenvalue weighted by Crippen LogP contribution is -2.28. The highest BCUT2D eigenvalue weighted by molar-refractivity contribution is 7.97. The van der Waals surface area contributed by atoms with Crippen molar-refractivity contribution < 1.29 is 30.9 Å². The molecule has 120 valence electrons. The predicted octanol–water partition coefficient (Wildman–Crippen LogP) is 2.21. The van der Waals surface area contributed by atoms with Gasteiger partial charge in [0.05, 0.1) is 6.26 Å². The molecule has 4 nitrogen and oxygen atoms in total. The average molecular weight is 336 g/mol. The van der Waals surface area contributed by atoms with Crippen molar-refractivity contribution in [2.45, 2.75) is 49.8 Å². The fraction of sp³-hybridized carbons (Fsp3) is 0.909. The molecule has 1 fully saturated rings. The summed E-state index contributed by atoms with van der Waals surface area (Å²) in [5.41, 5.74) is -5.65. The summed E-state index contributed by atoms with van der Waals surface area (Å²) in [4.78, 5) is 10.9. The second kappa shape index (κ2) is 8.23. The monoisotopic (exact) mass is 336 g/mol. The van der Waals surface area contributed by atoms with Crippen molar-refractivity contribution in [3.05, 3.63) is 0 Å². The van der Waals surface area contributed by atoms with Crippen molar-refractivity contribution in [2.24, 2.45) is 0 Å². The number of carbonyl (C=O) groups is 1. The first-order chi connectivity index (χ1) is 8.95. The minimum Gasteiger partial charge on any atom is -0.741 e. The lowest BCUT2D eigenvalue weighted by Gasteiger charge is -2.19. The summed E-state index contributed by atoms with van der Waals surface area (Å²) < 4.78 is 58.9. The summed E-state index contributed by atoms with van der Waals surface area (Å²) in [6.07, 6.45) is 9.19. The van der Waals surface area contributed by atoms with Gasteiger partial charge in [-0.25, -0.2) is 8.42 Å². The molecule has 0 bridgehead atoms. The lowest BCUT2D eigenvalue weighted by molar-refractivity contribution is -0.114. The third-order valence-electron chi connectivity index (χ3n) is 2.84. The van der Waals surface area contributed by atoms with Gasteiger partial charge >= 0.3 is 5.51 Å². The van der Waals surface area contributed by atoms with Crippen LogP contribution < -0.4 is 0 Å². The summed E-state index contributed by atoms with van der Waals surface area (Å²) in [7, 11) is -5.73. The van der Waals surface area contributed by atoms with E-state index in [0.717, 1.165) is 11.0 Å². The fourth-order valence-corrected chi connectivity index (χ4v) is 3.92. The standard InChI is InChI=1S/C10H19OS.CHF3O3S/c1-9(11)8-12(2)10-6-4-3-5-7-10;2-1(3,4)8(5,6)7/h10H,3-8H2,1-2H3;(H,5,6,7)/q+1;/p-1. The number of Topliss-reactive ketones (excluding diaryl/α,β-unsaturated/α-hetero) is 1. The van der Waals surface area contributed by atoms with Crippen LogP contribution in [0.3, 0.4) is 0 Å². The van der Waals surface area contributed by atoms with E-state index < -0.39 is 15.6 Å². The van der Waals surface area contributed by atoms with Crippen molar-refractivity contribution in [3.63, 3.8) is 0 Å². The zero-order valence-electron chi connectivity index (χ0n) is 11.4. The maximum absolute atomic E-state index is 10.9. The van der Waals surface area contributed by atoms with Gasteiger partial charge in [0.15, 0.2) is 21.7 Å². The van der Waals surface area contributed by atoms with Gasteiger partial charge in [-0.05, 0) is 43.5 Å². The molecule has 20 heavy (non-hydrogen) atoms. The van der Waals surface area contributed by atoms with Crippen LogP contribution in [0, 0.1) is 0 Å². The number of hydrogen-bond donors (Lipinski definition) is 0. The highest BCUT2D eigenvalue weighted by Gasteiger charge is 2.36. The number of rotatable bonds is 3. The topological polar surface area (TPSA) is 74.3 Å². The zero-order chi connectivity index (χ0) is 16.0. The Labute approximate surface area is 120 Å². The smallest absolute Gasteiger partial charge is 0.485 e. The molecule has 1 atom stereocenters. The molecule has 0 aliphatic heterocycles. The maximum Gasteiger partial charge on any atom is 0.485 e. The Balaban J connectivity index is 0.000000396. The molecule has 0 aromatic heterocycles. The molecule has 1 aliphatic carbocycles. The number of carbonyl (C=O) groups excluding carboxylic acids is 1. The van der Waals surface area contributed by atoms with E-state index in [1.165, 1.54) is 32.1 Å². The zero-order valence-corrected chi connectivity index (χ0v) is 13.0. The van der Waals surface area contributed by atoms with Crippen LogP contribution >= 0.6 is 0 Å². The predicted molar refractivity (Wildman–Crippen MR) is 71.5 cm³/mol. The number of hydrogen-bond acceptors (Lipinski definition) is 4. The minimum absolute atomic E-state index is 0.364. The molecular formula is C11H19F3O4S2. The van der Waals surface area contributed by atoms with Crippen LogP contribution in [0.4, 0.5) is 13.2 Å². The van der Waals surface area contributed by atoms with Gasteiger partial charge in [0.2, 0.25) is 0 Å². The van der Waals surface area contributed by atoms with Crippen molar-refractivity contribution in [2.75, 3.05) is 12.0 Å². The average Bonchev–Trinajstić information content (AvgIpc) is 2.27. The first kappa shape index (κ1) is 19.7. The van der Waals surface area contributed by atoms with E-state index in [2.05, 4.69) is 6.26 Å². The van der Waals surface area contributed by atoms with E-state index in [1.54, 1.807) is 6.92 Å². The highest BCUT2D eigenvalue weighted by Crippen LogP contribution is 2.24. The van der Waals surface area contributed by atoms with Gasteiger partial charge in [-0.1, -0.05) is 6.42 Å². The van der Waals surface area contributed by atoms with Gasteiger partial charge in [-0.2, -0.15) is 13.2 Å². The van der Waals surface area contributed by atoms with E-state index in [9.17, 15) is 18.0 Å². The van der Waals surface area contributed by atoms with E-state index >= 15 is 0 Å². The van der Waals surface area contributed by atoms with Gasteiger partial charge in [-0.15, -0.1) is 0 Å². The second-order valence-corrected chi connectivity index (χ2v) is 8.41. The molecule has 9 heteroatoms. The number of ketones is 1. The molecular weight excluding hydrogens is 317 g/mol. The molecule has 0 heterocycles. The molecule has 1 unspecified atom stereocenters. The van der Waals surface area contributed by atoms with Crippen molar-refractivity contribution in [1.82, 2.24) is 0 Å². The molecule has 1 saturated carbocycles. The Kier molecular flexibility index (Phi) is 8.12. The third kappa shape index (κ3) is 8.11. The molecule has 0 saturated heterocycles. The molecule has 0 radical (unpaired) electrons. The SMILES string of the molecule is CC(=O)C[S+](C)C1CCCCC1.O=S(=O)([O-])C(F)(F)F. The second-order valence-electron chi connectivity index (χ2n) is 4.70. The summed E-state index contributed by atoms with van der Waals surface area (Å²) in [5.74, 6) is 1.19. The van der Waals surface area contributed by atoms with Gasteiger partial charge in [0.25, 0.3) is 0 Å². The van der Waals surface area contributed by atoms with Crippen LogP contribution in [0.25, 0.3) is 0 Å². The third-order valence-corrected chi connectivity index (χ3v) is 5.87. The van der Waals surface area contributed by atoms with Crippen molar-refractivity contribution in [3.8, 4) is 0 Å². The normalized spacial score (nSPS) is 18.9. The quantitative estimate of drug-likeness (QED) is 0.450. The van der Waals surface area contributed by atoms with Crippen LogP contribution in [0.5, 0.6) is 0 Å². The Bertz CT molecular complexity index is 400. The molecule has 0 amide bonds. The molecule has 0 spiro atoms. The van der Waals surface area contributed by atoms with Gasteiger partial charge in [-0.3, -0.25) is 4.79 Å². The van der Waals surface area contributed by atoms with Crippen molar-refractivity contribution >= 4 is 26.8 Å². The summed E-state index contributed by atoms with van der Waals surface area (Å²) in [5, 5.41) is 0.864. The van der Waals surface area contributed by atoms with E-state index in [1.807, 2.05) is 0 Å². The van der Waals surface area contributed by atoms with Gasteiger partial charge in [0, 0.05) is 0 Å². The molecule has 0 aromatic rings. The molecule has 0 aromatic carbocycles. The molecule has 1 rings (SSSR count). The van der Waals surface area contributed by atoms with E-state index in [4.69, 9.17) is 13.0 Å². The first-order valence-corrected chi connectivity index (χ1v) is 9.35. The van der Waals surface area contributed by atoms with Gasteiger partial charge < -0.3 is 4.55 Å². The number of alkyl halides is 3. The Hall–Kier alpha value is -0.280. The van der Waals surface area contributed by atoms with Crippen LogP contribution in [0.15, 0.2) is 0 Å². The summed E-state index contributed by atoms with van der Waals surface area (Å²) in [6, 6.07) is 0. The molecule has 0 N–H and O–H groups in total. The summed E-state index contributed by atoms with van der Waals surface area (Å²) in [6.45, 7) is 1.71. The van der Waals surface area contributed by atoms with Gasteiger partial charge in [0.1, 0.15) is 5.25 Å². The lowest BCUT2D eigenvalue weighted by atomic mass is 10.0. The Morgan fingerprint density at radius 2 is 1.65 bits per heavy atom. The van der Waals surface area contributed by atoms with Crippen LogP contribution in [-0.2, 0) is 25.8 Å². The largest absolute Gasteiger partial charge is 0.741 e. The molecule has 1 aliphatic rings. The Morgan fingerprint density at radius 1 is 1.25 bits per heavy atom. The minimum atomic E-state index is -6.09.